The fraction of sp³-hybridized carbons (Fsp3) is 0.533. The predicted molar refractivity (Wildman–Crippen MR) is 68.9 cm³/mol. The minimum absolute atomic E-state index is 0.191. The van der Waals surface area contributed by atoms with Gasteiger partial charge in [-0.1, -0.05) is 0 Å². The van der Waals surface area contributed by atoms with E-state index in [2.05, 4.69) is 5.32 Å². The second kappa shape index (κ2) is 5.48. The molecule has 1 saturated carbocycles. The quantitative estimate of drug-likeness (QED) is 0.921. The highest BCUT2D eigenvalue weighted by Crippen LogP contribution is 2.42. The molecule has 3 nitrogen and oxygen atoms in total. The fourth-order valence-electron chi connectivity index (χ4n) is 2.66. The van der Waals surface area contributed by atoms with Gasteiger partial charge in [0.2, 0.25) is 5.91 Å². The molecule has 0 bridgehead atoms. The highest BCUT2D eigenvalue weighted by atomic mass is 19.1. The van der Waals surface area contributed by atoms with Crippen LogP contribution in [-0.2, 0) is 9.53 Å². The zero-order valence-corrected chi connectivity index (χ0v) is 11.1. The molecule has 2 fully saturated rings. The maximum Gasteiger partial charge on any atom is 0.249 e. The molecule has 1 aliphatic heterocycles. The SMILES string of the molecule is O=C(N[C@H](c1cc(F)ccc1F)C1CC1)[C@H]1CCCO1. The maximum atomic E-state index is 13.9. The van der Waals surface area contributed by atoms with Crippen LogP contribution >= 0.6 is 0 Å². The van der Waals surface area contributed by atoms with Crippen LogP contribution in [0.3, 0.4) is 0 Å². The van der Waals surface area contributed by atoms with Gasteiger partial charge in [0, 0.05) is 12.2 Å². The van der Waals surface area contributed by atoms with Gasteiger partial charge in [-0.25, -0.2) is 8.78 Å². The van der Waals surface area contributed by atoms with Crippen molar-refractivity contribution in [2.45, 2.75) is 37.8 Å². The first-order valence-electron chi connectivity index (χ1n) is 7.02. The van der Waals surface area contributed by atoms with Crippen molar-refractivity contribution in [3.63, 3.8) is 0 Å². The van der Waals surface area contributed by atoms with Crippen LogP contribution in [0.4, 0.5) is 8.78 Å². The third-order valence-corrected chi connectivity index (χ3v) is 3.91. The second-order valence-electron chi connectivity index (χ2n) is 5.49. The smallest absolute Gasteiger partial charge is 0.249 e. The first-order valence-corrected chi connectivity index (χ1v) is 7.02. The molecule has 0 spiro atoms. The van der Waals surface area contributed by atoms with Crippen LogP contribution in [0.2, 0.25) is 0 Å². The molecule has 1 amide bonds. The zero-order chi connectivity index (χ0) is 14.1. The number of nitrogens with one attached hydrogen (secondary N) is 1. The lowest BCUT2D eigenvalue weighted by Crippen LogP contribution is -2.38. The molecule has 1 N–H and O–H groups in total. The third kappa shape index (κ3) is 2.82. The van der Waals surface area contributed by atoms with E-state index in [9.17, 15) is 13.6 Å². The summed E-state index contributed by atoms with van der Waals surface area (Å²) in [4.78, 5) is 12.1. The number of carbonyl (C=O) groups excluding carboxylic acids is 1. The normalized spacial score (nSPS) is 23.6. The van der Waals surface area contributed by atoms with Crippen LogP contribution in [0.1, 0.15) is 37.3 Å². The summed E-state index contributed by atoms with van der Waals surface area (Å²) in [5.74, 6) is -0.992. The van der Waals surface area contributed by atoms with E-state index in [4.69, 9.17) is 4.74 Å². The molecule has 0 unspecified atom stereocenters. The van der Waals surface area contributed by atoms with Crippen molar-refractivity contribution >= 4 is 5.91 Å². The summed E-state index contributed by atoms with van der Waals surface area (Å²) in [5, 5.41) is 2.83. The molecule has 1 aliphatic carbocycles. The van der Waals surface area contributed by atoms with E-state index >= 15 is 0 Å². The van der Waals surface area contributed by atoms with Crippen molar-refractivity contribution in [1.82, 2.24) is 5.32 Å². The van der Waals surface area contributed by atoms with Crippen LogP contribution in [0.5, 0.6) is 0 Å². The summed E-state index contributed by atoms with van der Waals surface area (Å²) in [5.41, 5.74) is 0.235. The van der Waals surface area contributed by atoms with Gasteiger partial charge in [-0.15, -0.1) is 0 Å². The average molecular weight is 281 g/mol. The average Bonchev–Trinajstić information content (AvgIpc) is 3.12. The number of ether oxygens (including phenoxy) is 1. The Labute approximate surface area is 116 Å². The lowest BCUT2D eigenvalue weighted by Gasteiger charge is -2.21. The van der Waals surface area contributed by atoms with Gasteiger partial charge in [-0.2, -0.15) is 0 Å². The summed E-state index contributed by atoms with van der Waals surface area (Å²) < 4.78 is 32.5. The van der Waals surface area contributed by atoms with E-state index in [1.807, 2.05) is 0 Å². The Morgan fingerprint density at radius 1 is 1.30 bits per heavy atom. The van der Waals surface area contributed by atoms with Gasteiger partial charge < -0.3 is 10.1 Å². The summed E-state index contributed by atoms with van der Waals surface area (Å²) >= 11 is 0. The summed E-state index contributed by atoms with van der Waals surface area (Å²) in [6.45, 7) is 0.584. The Balaban J connectivity index is 1.78. The molecular formula is C15H17F2NO2. The molecular weight excluding hydrogens is 264 g/mol. The number of rotatable bonds is 4. The Morgan fingerprint density at radius 3 is 2.75 bits per heavy atom. The lowest BCUT2D eigenvalue weighted by atomic mass is 10.0. The molecule has 0 radical (unpaired) electrons. The van der Waals surface area contributed by atoms with Crippen molar-refractivity contribution in [2.24, 2.45) is 5.92 Å². The molecule has 2 aliphatic rings. The van der Waals surface area contributed by atoms with Gasteiger partial charge in [0.15, 0.2) is 0 Å². The molecule has 20 heavy (non-hydrogen) atoms. The van der Waals surface area contributed by atoms with Crippen molar-refractivity contribution in [2.75, 3.05) is 6.61 Å². The van der Waals surface area contributed by atoms with Crippen LogP contribution < -0.4 is 5.32 Å². The number of hydrogen-bond donors (Lipinski definition) is 1. The minimum Gasteiger partial charge on any atom is -0.368 e. The number of amides is 1. The van der Waals surface area contributed by atoms with Crippen LogP contribution in [0.15, 0.2) is 18.2 Å². The van der Waals surface area contributed by atoms with Gasteiger partial charge in [0.1, 0.15) is 17.7 Å². The van der Waals surface area contributed by atoms with Crippen molar-refractivity contribution in [1.29, 1.82) is 0 Å². The fourth-order valence-corrected chi connectivity index (χ4v) is 2.66. The van der Waals surface area contributed by atoms with Gasteiger partial charge in [-0.05, 0) is 49.8 Å². The van der Waals surface area contributed by atoms with E-state index in [1.165, 1.54) is 6.07 Å². The van der Waals surface area contributed by atoms with E-state index in [0.717, 1.165) is 31.4 Å². The summed E-state index contributed by atoms with van der Waals surface area (Å²) in [6, 6.07) is 2.92. The third-order valence-electron chi connectivity index (χ3n) is 3.91. The molecule has 1 aromatic rings. The number of halogens is 2. The molecule has 3 rings (SSSR count). The monoisotopic (exact) mass is 281 g/mol. The van der Waals surface area contributed by atoms with Gasteiger partial charge in [0.05, 0.1) is 6.04 Å². The molecule has 5 heteroatoms. The summed E-state index contributed by atoms with van der Waals surface area (Å²) in [6.07, 6.45) is 2.95. The molecule has 1 aromatic carbocycles. The van der Waals surface area contributed by atoms with Gasteiger partial charge >= 0.3 is 0 Å². The maximum absolute atomic E-state index is 13.9. The molecule has 108 valence electrons. The molecule has 2 atom stereocenters. The lowest BCUT2D eigenvalue weighted by molar-refractivity contribution is -0.131. The first-order chi connectivity index (χ1) is 9.65. The van der Waals surface area contributed by atoms with Crippen LogP contribution in [0.25, 0.3) is 0 Å². The standard InChI is InChI=1S/C15H17F2NO2/c16-10-5-6-12(17)11(8-10)14(9-3-4-9)18-15(19)13-2-1-7-20-13/h5-6,8-9,13-14H,1-4,7H2,(H,18,19)/t13-,14+/m1/s1. The highest BCUT2D eigenvalue weighted by molar-refractivity contribution is 5.81. The molecule has 1 heterocycles. The second-order valence-corrected chi connectivity index (χ2v) is 5.49. The van der Waals surface area contributed by atoms with E-state index in [-0.39, 0.29) is 17.4 Å². The molecule has 1 saturated heterocycles. The molecule has 0 aromatic heterocycles. The number of benzene rings is 1. The van der Waals surface area contributed by atoms with Crippen LogP contribution in [0, 0.1) is 17.6 Å². The van der Waals surface area contributed by atoms with Crippen molar-refractivity contribution in [3.8, 4) is 0 Å². The van der Waals surface area contributed by atoms with Gasteiger partial charge in [-0.3, -0.25) is 4.79 Å². The Bertz CT molecular complexity index is 511. The Hall–Kier alpha value is -1.49. The van der Waals surface area contributed by atoms with Crippen molar-refractivity contribution < 1.29 is 18.3 Å². The Kier molecular flexibility index (Phi) is 3.70. The number of carbonyl (C=O) groups is 1. The first kappa shape index (κ1) is 13.5. The van der Waals surface area contributed by atoms with Crippen LogP contribution in [-0.4, -0.2) is 18.6 Å². The summed E-state index contributed by atoms with van der Waals surface area (Å²) in [7, 11) is 0. The largest absolute Gasteiger partial charge is 0.368 e. The zero-order valence-electron chi connectivity index (χ0n) is 11.1. The topological polar surface area (TPSA) is 38.3 Å². The van der Waals surface area contributed by atoms with Crippen molar-refractivity contribution in [3.05, 3.63) is 35.4 Å². The Morgan fingerprint density at radius 2 is 2.10 bits per heavy atom. The van der Waals surface area contributed by atoms with E-state index < -0.39 is 23.8 Å². The number of hydrogen-bond acceptors (Lipinski definition) is 2. The van der Waals surface area contributed by atoms with E-state index in [0.29, 0.717) is 13.0 Å². The van der Waals surface area contributed by atoms with E-state index in [1.54, 1.807) is 0 Å². The highest BCUT2D eigenvalue weighted by Gasteiger charge is 2.37. The predicted octanol–water partition coefficient (Wildman–Crippen LogP) is 2.71. The van der Waals surface area contributed by atoms with Gasteiger partial charge in [0.25, 0.3) is 0 Å². The minimum atomic E-state index is -0.488.